The highest BCUT2D eigenvalue weighted by molar-refractivity contribution is 5.94. The van der Waals surface area contributed by atoms with Crippen LogP contribution in [0.25, 0.3) is 0 Å². The van der Waals surface area contributed by atoms with Crippen molar-refractivity contribution in [2.75, 3.05) is 6.54 Å². The van der Waals surface area contributed by atoms with Crippen LogP contribution in [0.2, 0.25) is 0 Å². The van der Waals surface area contributed by atoms with Crippen LogP contribution in [-0.4, -0.2) is 17.6 Å². The average molecular weight is 287 g/mol. The minimum absolute atomic E-state index is 0.0175. The Labute approximate surface area is 123 Å². The maximum atomic E-state index is 13.6. The number of halogens is 1. The molecule has 2 aromatic rings. The summed E-state index contributed by atoms with van der Waals surface area (Å²) in [5, 5.41) is 11.7. The zero-order valence-electron chi connectivity index (χ0n) is 11.9. The summed E-state index contributed by atoms with van der Waals surface area (Å²) in [5.41, 5.74) is 2.83. The molecule has 2 N–H and O–H groups in total. The number of amides is 1. The molecule has 0 saturated heterocycles. The predicted octanol–water partition coefficient (Wildman–Crippen LogP) is 2.60. The Morgan fingerprint density at radius 1 is 1.14 bits per heavy atom. The van der Waals surface area contributed by atoms with Crippen molar-refractivity contribution < 1.29 is 14.3 Å². The first-order valence-electron chi connectivity index (χ1n) is 6.83. The number of carbonyl (C=O) groups is 1. The van der Waals surface area contributed by atoms with Crippen LogP contribution in [0.5, 0.6) is 0 Å². The number of rotatable bonds is 5. The van der Waals surface area contributed by atoms with Gasteiger partial charge in [-0.3, -0.25) is 4.79 Å². The Hall–Kier alpha value is -2.20. The average Bonchev–Trinajstić information content (AvgIpc) is 2.50. The Kier molecular flexibility index (Phi) is 5.06. The number of benzene rings is 2. The van der Waals surface area contributed by atoms with Gasteiger partial charge in [-0.2, -0.15) is 0 Å². The van der Waals surface area contributed by atoms with Crippen LogP contribution in [-0.2, 0) is 13.0 Å². The van der Waals surface area contributed by atoms with Gasteiger partial charge in [0.15, 0.2) is 0 Å². The highest BCUT2D eigenvalue weighted by atomic mass is 19.1. The summed E-state index contributed by atoms with van der Waals surface area (Å²) >= 11 is 0. The van der Waals surface area contributed by atoms with E-state index in [1.807, 2.05) is 31.2 Å². The van der Waals surface area contributed by atoms with Crippen LogP contribution in [0.3, 0.4) is 0 Å². The van der Waals surface area contributed by atoms with Crippen LogP contribution in [0.1, 0.15) is 27.0 Å². The second-order valence-electron chi connectivity index (χ2n) is 4.96. The van der Waals surface area contributed by atoms with E-state index < -0.39 is 11.7 Å². The number of carbonyl (C=O) groups excluding carboxylic acids is 1. The molecule has 0 aliphatic carbocycles. The van der Waals surface area contributed by atoms with Gasteiger partial charge < -0.3 is 10.4 Å². The maximum absolute atomic E-state index is 13.6. The summed E-state index contributed by atoms with van der Waals surface area (Å²) in [7, 11) is 0. The predicted molar refractivity (Wildman–Crippen MR) is 79.5 cm³/mol. The van der Waals surface area contributed by atoms with Crippen molar-refractivity contribution in [3.63, 3.8) is 0 Å². The van der Waals surface area contributed by atoms with Gasteiger partial charge in [0.1, 0.15) is 5.82 Å². The van der Waals surface area contributed by atoms with Crippen molar-refractivity contribution in [2.45, 2.75) is 20.0 Å². The fourth-order valence-corrected chi connectivity index (χ4v) is 2.04. The third kappa shape index (κ3) is 4.13. The standard InChI is InChI=1S/C17H18FNO2/c1-12-2-7-16(18)15(10-12)17(21)19-9-8-13-3-5-14(11-20)6-4-13/h2-7,10,20H,8-9,11H2,1H3,(H,19,21). The van der Waals surface area contributed by atoms with E-state index in [1.54, 1.807) is 12.1 Å². The number of hydrogen-bond acceptors (Lipinski definition) is 2. The lowest BCUT2D eigenvalue weighted by Crippen LogP contribution is -2.26. The Bertz CT molecular complexity index is 623. The molecule has 0 radical (unpaired) electrons. The summed E-state index contributed by atoms with van der Waals surface area (Å²) in [5.74, 6) is -0.909. The van der Waals surface area contributed by atoms with Gasteiger partial charge in [0.05, 0.1) is 12.2 Å². The van der Waals surface area contributed by atoms with Gasteiger partial charge >= 0.3 is 0 Å². The number of aliphatic hydroxyl groups is 1. The van der Waals surface area contributed by atoms with Gasteiger partial charge in [0, 0.05) is 6.54 Å². The van der Waals surface area contributed by atoms with E-state index in [9.17, 15) is 9.18 Å². The van der Waals surface area contributed by atoms with Crippen LogP contribution in [0, 0.1) is 12.7 Å². The third-order valence-corrected chi connectivity index (χ3v) is 3.27. The van der Waals surface area contributed by atoms with Crippen LogP contribution < -0.4 is 5.32 Å². The second-order valence-corrected chi connectivity index (χ2v) is 4.96. The van der Waals surface area contributed by atoms with Crippen molar-refractivity contribution in [1.82, 2.24) is 5.32 Å². The molecule has 0 saturated carbocycles. The van der Waals surface area contributed by atoms with E-state index in [0.29, 0.717) is 13.0 Å². The minimum atomic E-state index is -0.509. The van der Waals surface area contributed by atoms with Gasteiger partial charge in [-0.25, -0.2) is 4.39 Å². The lowest BCUT2D eigenvalue weighted by Gasteiger charge is -2.07. The van der Waals surface area contributed by atoms with Gasteiger partial charge in [-0.1, -0.05) is 35.9 Å². The summed E-state index contributed by atoms with van der Waals surface area (Å²) in [6.45, 7) is 2.27. The molecule has 0 aliphatic rings. The van der Waals surface area contributed by atoms with E-state index in [4.69, 9.17) is 5.11 Å². The molecule has 1 amide bonds. The van der Waals surface area contributed by atoms with E-state index in [-0.39, 0.29) is 12.2 Å². The molecule has 0 spiro atoms. The molecule has 0 aromatic heterocycles. The van der Waals surface area contributed by atoms with Crippen molar-refractivity contribution in [3.05, 3.63) is 70.5 Å². The SMILES string of the molecule is Cc1ccc(F)c(C(=O)NCCc2ccc(CO)cc2)c1. The summed E-state index contributed by atoms with van der Waals surface area (Å²) in [6.07, 6.45) is 0.658. The monoisotopic (exact) mass is 287 g/mol. The van der Waals surface area contributed by atoms with Crippen molar-refractivity contribution in [1.29, 1.82) is 0 Å². The lowest BCUT2D eigenvalue weighted by molar-refractivity contribution is 0.0950. The zero-order valence-corrected chi connectivity index (χ0v) is 11.9. The fraction of sp³-hybridized carbons (Fsp3) is 0.235. The van der Waals surface area contributed by atoms with Gasteiger partial charge in [-0.05, 0) is 36.6 Å². The molecule has 2 rings (SSSR count). The van der Waals surface area contributed by atoms with Gasteiger partial charge in [0.2, 0.25) is 0 Å². The maximum Gasteiger partial charge on any atom is 0.254 e. The molecule has 3 nitrogen and oxygen atoms in total. The fourth-order valence-electron chi connectivity index (χ4n) is 2.04. The number of aliphatic hydroxyl groups excluding tert-OH is 1. The minimum Gasteiger partial charge on any atom is -0.392 e. The number of nitrogens with one attached hydrogen (secondary N) is 1. The molecule has 0 aliphatic heterocycles. The topological polar surface area (TPSA) is 49.3 Å². The Morgan fingerprint density at radius 3 is 2.48 bits per heavy atom. The summed E-state index contributed by atoms with van der Waals surface area (Å²) in [4.78, 5) is 11.9. The molecule has 0 unspecified atom stereocenters. The van der Waals surface area contributed by atoms with Crippen molar-refractivity contribution in [3.8, 4) is 0 Å². The molecule has 110 valence electrons. The molecule has 21 heavy (non-hydrogen) atoms. The van der Waals surface area contributed by atoms with Gasteiger partial charge in [-0.15, -0.1) is 0 Å². The van der Waals surface area contributed by atoms with Crippen molar-refractivity contribution in [2.24, 2.45) is 0 Å². The van der Waals surface area contributed by atoms with Gasteiger partial charge in [0.25, 0.3) is 5.91 Å². The van der Waals surface area contributed by atoms with Crippen LogP contribution >= 0.6 is 0 Å². The molecule has 0 bridgehead atoms. The number of aryl methyl sites for hydroxylation is 1. The van der Waals surface area contributed by atoms with Crippen LogP contribution in [0.4, 0.5) is 4.39 Å². The lowest BCUT2D eigenvalue weighted by atomic mass is 10.1. The number of hydrogen-bond donors (Lipinski definition) is 2. The Balaban J connectivity index is 1.90. The van der Waals surface area contributed by atoms with Crippen molar-refractivity contribution >= 4 is 5.91 Å². The normalized spacial score (nSPS) is 10.4. The molecule has 0 heterocycles. The van der Waals surface area contributed by atoms with E-state index >= 15 is 0 Å². The van der Waals surface area contributed by atoms with E-state index in [2.05, 4.69) is 5.32 Å². The highest BCUT2D eigenvalue weighted by Crippen LogP contribution is 2.10. The molecule has 2 aromatic carbocycles. The van der Waals surface area contributed by atoms with Crippen LogP contribution in [0.15, 0.2) is 42.5 Å². The summed E-state index contributed by atoms with van der Waals surface area (Å²) in [6, 6.07) is 12.0. The molecule has 0 atom stereocenters. The first-order valence-corrected chi connectivity index (χ1v) is 6.83. The Morgan fingerprint density at radius 2 is 1.81 bits per heavy atom. The zero-order chi connectivity index (χ0) is 15.2. The molecule has 0 fully saturated rings. The third-order valence-electron chi connectivity index (χ3n) is 3.27. The molecule has 4 heteroatoms. The van der Waals surface area contributed by atoms with E-state index in [1.165, 1.54) is 6.07 Å². The first kappa shape index (κ1) is 15.2. The quantitative estimate of drug-likeness (QED) is 0.888. The van der Waals surface area contributed by atoms with E-state index in [0.717, 1.165) is 16.7 Å². The first-order chi connectivity index (χ1) is 10.1. The largest absolute Gasteiger partial charge is 0.392 e. The second kappa shape index (κ2) is 6.99. The highest BCUT2D eigenvalue weighted by Gasteiger charge is 2.11. The smallest absolute Gasteiger partial charge is 0.254 e. The molecular weight excluding hydrogens is 269 g/mol. The summed E-state index contributed by atoms with van der Waals surface area (Å²) < 4.78 is 13.6. The molecular formula is C17H18FNO2.